The molecule has 0 bridgehead atoms. The fourth-order valence-corrected chi connectivity index (χ4v) is 0.678. The molecule has 0 aromatic rings. The van der Waals surface area contributed by atoms with Crippen LogP contribution < -0.4 is 0 Å². The van der Waals surface area contributed by atoms with Crippen LogP contribution in [0.25, 0.3) is 0 Å². The highest BCUT2D eigenvalue weighted by atomic mass is 16.5. The molecule has 0 N–H and O–H groups in total. The topological polar surface area (TPSA) is 26.3 Å². The lowest BCUT2D eigenvalue weighted by Gasteiger charge is -1.95. The van der Waals surface area contributed by atoms with Crippen LogP contribution in [0.4, 0.5) is 0 Å². The van der Waals surface area contributed by atoms with Gasteiger partial charge in [0.25, 0.3) is 0 Å². The van der Waals surface area contributed by atoms with Gasteiger partial charge in [-0.05, 0) is 18.6 Å². The summed E-state index contributed by atoms with van der Waals surface area (Å²) in [4.78, 5) is 10.3. The molecule has 2 heteroatoms. The van der Waals surface area contributed by atoms with E-state index in [0.29, 0.717) is 5.76 Å². The van der Waals surface area contributed by atoms with Crippen LogP contribution in [0.1, 0.15) is 13.3 Å². The highest BCUT2D eigenvalue weighted by Gasteiger charge is 1.99. The van der Waals surface area contributed by atoms with Gasteiger partial charge >= 0.3 is 5.97 Å². The van der Waals surface area contributed by atoms with E-state index in [1.54, 1.807) is 6.08 Å². The molecule has 0 amide bonds. The Kier molecular flexibility index (Phi) is 1.68. The second kappa shape index (κ2) is 2.49. The van der Waals surface area contributed by atoms with Gasteiger partial charge in [0.05, 0.1) is 0 Å². The molecule has 0 saturated carbocycles. The van der Waals surface area contributed by atoms with E-state index in [0.717, 1.165) is 6.42 Å². The summed E-state index contributed by atoms with van der Waals surface area (Å²) < 4.78 is 4.75. The Labute approximate surface area is 53.8 Å². The molecule has 0 spiro atoms. The molecule has 0 radical (unpaired) electrons. The van der Waals surface area contributed by atoms with Gasteiger partial charge < -0.3 is 4.74 Å². The van der Waals surface area contributed by atoms with Crippen molar-refractivity contribution in [2.45, 2.75) is 13.3 Å². The fourth-order valence-electron chi connectivity index (χ4n) is 0.678. The van der Waals surface area contributed by atoms with E-state index >= 15 is 0 Å². The molecule has 48 valence electrons. The average molecular weight is 124 g/mol. The standard InChI is InChI=1S/C7H8O2/c1-6(8)9-7-4-2-3-5-7/h2,4-5H,3H2,1H3. The lowest BCUT2D eigenvalue weighted by molar-refractivity contribution is -0.136. The Hall–Kier alpha value is -1.05. The van der Waals surface area contributed by atoms with Crippen LogP contribution in [0.2, 0.25) is 0 Å². The van der Waals surface area contributed by atoms with Crippen LogP contribution in [0.5, 0.6) is 0 Å². The third-order valence-electron chi connectivity index (χ3n) is 0.999. The minimum atomic E-state index is -0.257. The summed E-state index contributed by atoms with van der Waals surface area (Å²) >= 11 is 0. The van der Waals surface area contributed by atoms with Crippen molar-refractivity contribution in [3.8, 4) is 0 Å². The van der Waals surface area contributed by atoms with Crippen molar-refractivity contribution < 1.29 is 9.53 Å². The summed E-state index contributed by atoms with van der Waals surface area (Å²) in [6.45, 7) is 1.40. The highest BCUT2D eigenvalue weighted by molar-refractivity contribution is 5.67. The van der Waals surface area contributed by atoms with Gasteiger partial charge in [0.15, 0.2) is 0 Å². The maximum atomic E-state index is 10.3. The lowest BCUT2D eigenvalue weighted by Crippen LogP contribution is -1.94. The van der Waals surface area contributed by atoms with Crippen LogP contribution in [0, 0.1) is 0 Å². The molecule has 0 saturated heterocycles. The Morgan fingerprint density at radius 1 is 1.78 bits per heavy atom. The second-order valence-electron chi connectivity index (χ2n) is 1.84. The molecule has 9 heavy (non-hydrogen) atoms. The Morgan fingerprint density at radius 2 is 2.56 bits per heavy atom. The summed E-state index contributed by atoms with van der Waals surface area (Å²) in [6.07, 6.45) is 6.48. The van der Waals surface area contributed by atoms with Gasteiger partial charge in [-0.1, -0.05) is 6.08 Å². The van der Waals surface area contributed by atoms with Gasteiger partial charge in [0, 0.05) is 6.92 Å². The predicted molar refractivity (Wildman–Crippen MR) is 33.6 cm³/mol. The monoisotopic (exact) mass is 124 g/mol. The number of allylic oxidation sites excluding steroid dienone is 3. The molecule has 0 aliphatic heterocycles. The Balaban J connectivity index is 2.45. The quantitative estimate of drug-likeness (QED) is 0.494. The summed E-state index contributed by atoms with van der Waals surface area (Å²) in [5.41, 5.74) is 0. The zero-order valence-electron chi connectivity index (χ0n) is 5.26. The van der Waals surface area contributed by atoms with Crippen molar-refractivity contribution in [1.82, 2.24) is 0 Å². The Bertz CT molecular complexity index is 177. The maximum Gasteiger partial charge on any atom is 0.308 e. The second-order valence-corrected chi connectivity index (χ2v) is 1.84. The van der Waals surface area contributed by atoms with Gasteiger partial charge in [-0.2, -0.15) is 0 Å². The summed E-state index contributed by atoms with van der Waals surface area (Å²) in [5, 5.41) is 0. The largest absolute Gasteiger partial charge is 0.427 e. The van der Waals surface area contributed by atoms with E-state index in [1.807, 2.05) is 12.2 Å². The van der Waals surface area contributed by atoms with Crippen molar-refractivity contribution in [1.29, 1.82) is 0 Å². The van der Waals surface area contributed by atoms with Crippen LogP contribution in [0.3, 0.4) is 0 Å². The number of hydrogen-bond donors (Lipinski definition) is 0. The van der Waals surface area contributed by atoms with E-state index < -0.39 is 0 Å². The van der Waals surface area contributed by atoms with Gasteiger partial charge in [0.1, 0.15) is 5.76 Å². The third kappa shape index (κ3) is 1.72. The van der Waals surface area contributed by atoms with Gasteiger partial charge in [-0.15, -0.1) is 0 Å². The van der Waals surface area contributed by atoms with Crippen molar-refractivity contribution >= 4 is 5.97 Å². The van der Waals surface area contributed by atoms with Crippen molar-refractivity contribution in [3.63, 3.8) is 0 Å². The molecule has 0 aromatic carbocycles. The minimum Gasteiger partial charge on any atom is -0.427 e. The number of carbonyl (C=O) groups is 1. The maximum absolute atomic E-state index is 10.3. The number of ether oxygens (including phenoxy) is 1. The number of rotatable bonds is 1. The first-order valence-electron chi connectivity index (χ1n) is 2.84. The van der Waals surface area contributed by atoms with Crippen molar-refractivity contribution in [2.75, 3.05) is 0 Å². The SMILES string of the molecule is CC(=O)OC1=CCC=C1. The lowest BCUT2D eigenvalue weighted by atomic mass is 10.5. The van der Waals surface area contributed by atoms with E-state index in [-0.39, 0.29) is 5.97 Å². The van der Waals surface area contributed by atoms with Crippen LogP contribution in [-0.2, 0) is 9.53 Å². The summed E-state index contributed by atoms with van der Waals surface area (Å²) in [7, 11) is 0. The van der Waals surface area contributed by atoms with Crippen molar-refractivity contribution in [2.24, 2.45) is 0 Å². The molecule has 1 rings (SSSR count). The van der Waals surface area contributed by atoms with E-state index in [2.05, 4.69) is 0 Å². The number of esters is 1. The molecule has 1 aliphatic rings. The van der Waals surface area contributed by atoms with Gasteiger partial charge in [-0.3, -0.25) is 4.79 Å². The summed E-state index contributed by atoms with van der Waals surface area (Å²) in [6, 6.07) is 0. The molecule has 1 aliphatic carbocycles. The zero-order chi connectivity index (χ0) is 6.69. The third-order valence-corrected chi connectivity index (χ3v) is 0.999. The Morgan fingerprint density at radius 3 is 3.00 bits per heavy atom. The van der Waals surface area contributed by atoms with E-state index in [4.69, 9.17) is 4.74 Å². The highest BCUT2D eigenvalue weighted by Crippen LogP contribution is 2.09. The molecule has 0 unspecified atom stereocenters. The first-order chi connectivity index (χ1) is 4.29. The van der Waals surface area contributed by atoms with E-state index in [9.17, 15) is 4.79 Å². The minimum absolute atomic E-state index is 0.257. The molecule has 2 nitrogen and oxygen atoms in total. The predicted octanol–water partition coefficient (Wildman–Crippen LogP) is 1.39. The first kappa shape index (κ1) is 6.08. The first-order valence-corrected chi connectivity index (χ1v) is 2.84. The van der Waals surface area contributed by atoms with E-state index in [1.165, 1.54) is 6.92 Å². The number of hydrogen-bond acceptors (Lipinski definition) is 2. The molecular weight excluding hydrogens is 116 g/mol. The summed E-state index contributed by atoms with van der Waals surface area (Å²) in [5.74, 6) is 0.412. The zero-order valence-corrected chi connectivity index (χ0v) is 5.26. The molecular formula is C7H8O2. The fraction of sp³-hybridized carbons (Fsp3) is 0.286. The molecule has 0 fully saturated rings. The smallest absolute Gasteiger partial charge is 0.308 e. The van der Waals surface area contributed by atoms with Crippen LogP contribution in [-0.4, -0.2) is 5.97 Å². The normalized spacial score (nSPS) is 15.4. The van der Waals surface area contributed by atoms with Crippen LogP contribution >= 0.6 is 0 Å². The molecule has 0 heterocycles. The van der Waals surface area contributed by atoms with Crippen LogP contribution in [0.15, 0.2) is 24.0 Å². The van der Waals surface area contributed by atoms with Gasteiger partial charge in [0.2, 0.25) is 0 Å². The molecule has 0 atom stereocenters. The average Bonchev–Trinajstić information content (AvgIpc) is 2.15. The molecule has 0 aromatic heterocycles. The number of carbonyl (C=O) groups excluding carboxylic acids is 1. The van der Waals surface area contributed by atoms with Gasteiger partial charge in [-0.25, -0.2) is 0 Å². The van der Waals surface area contributed by atoms with Crippen molar-refractivity contribution in [3.05, 3.63) is 24.0 Å².